The van der Waals surface area contributed by atoms with Crippen molar-refractivity contribution in [3.63, 3.8) is 0 Å². The SMILES string of the molecule is COc1ccc(N)c(C(=O)Nc2ccc3c(c2)CCO3)c1. The zero-order chi connectivity index (χ0) is 14.8. The number of nitrogens with two attached hydrogens (primary N) is 1. The molecule has 0 unspecified atom stereocenters. The number of carbonyl (C=O) groups is 1. The molecule has 0 saturated carbocycles. The van der Waals surface area contributed by atoms with Crippen LogP contribution in [-0.2, 0) is 6.42 Å². The first kappa shape index (κ1) is 13.3. The van der Waals surface area contributed by atoms with Gasteiger partial charge in [-0.05, 0) is 42.0 Å². The van der Waals surface area contributed by atoms with E-state index in [9.17, 15) is 4.79 Å². The van der Waals surface area contributed by atoms with Crippen LogP contribution in [0, 0.1) is 0 Å². The van der Waals surface area contributed by atoms with Crippen LogP contribution in [0.2, 0.25) is 0 Å². The molecule has 0 fully saturated rings. The number of rotatable bonds is 3. The molecule has 1 aliphatic rings. The van der Waals surface area contributed by atoms with Crippen LogP contribution in [0.1, 0.15) is 15.9 Å². The van der Waals surface area contributed by atoms with Gasteiger partial charge in [-0.1, -0.05) is 0 Å². The van der Waals surface area contributed by atoms with E-state index in [0.717, 1.165) is 23.4 Å². The van der Waals surface area contributed by atoms with Crippen LogP contribution in [0.15, 0.2) is 36.4 Å². The number of hydrogen-bond donors (Lipinski definition) is 2. The molecule has 1 heterocycles. The van der Waals surface area contributed by atoms with Gasteiger partial charge in [0.2, 0.25) is 0 Å². The molecule has 1 aliphatic heterocycles. The molecule has 3 rings (SSSR count). The van der Waals surface area contributed by atoms with Gasteiger partial charge in [-0.25, -0.2) is 0 Å². The van der Waals surface area contributed by atoms with Crippen molar-refractivity contribution in [3.8, 4) is 11.5 Å². The normalized spacial score (nSPS) is 12.4. The lowest BCUT2D eigenvalue weighted by Gasteiger charge is -2.10. The molecule has 3 N–H and O–H groups in total. The van der Waals surface area contributed by atoms with Crippen molar-refractivity contribution in [3.05, 3.63) is 47.5 Å². The van der Waals surface area contributed by atoms with E-state index in [2.05, 4.69) is 5.32 Å². The van der Waals surface area contributed by atoms with Crippen molar-refractivity contribution in [2.45, 2.75) is 6.42 Å². The molecule has 0 aliphatic carbocycles. The van der Waals surface area contributed by atoms with Gasteiger partial charge in [-0.3, -0.25) is 4.79 Å². The summed E-state index contributed by atoms with van der Waals surface area (Å²) in [5.41, 5.74) is 8.49. The number of methoxy groups -OCH3 is 1. The lowest BCUT2D eigenvalue weighted by atomic mass is 10.1. The second-order valence-electron chi connectivity index (χ2n) is 4.83. The quantitative estimate of drug-likeness (QED) is 0.849. The monoisotopic (exact) mass is 284 g/mol. The maximum Gasteiger partial charge on any atom is 0.257 e. The molecule has 0 aromatic heterocycles. The van der Waals surface area contributed by atoms with Gasteiger partial charge in [0.15, 0.2) is 0 Å². The van der Waals surface area contributed by atoms with Gasteiger partial charge in [0, 0.05) is 17.8 Å². The average Bonchev–Trinajstić information content (AvgIpc) is 2.95. The molecule has 0 bridgehead atoms. The molecule has 21 heavy (non-hydrogen) atoms. The van der Waals surface area contributed by atoms with Gasteiger partial charge in [-0.2, -0.15) is 0 Å². The average molecular weight is 284 g/mol. The Kier molecular flexibility index (Phi) is 3.39. The lowest BCUT2D eigenvalue weighted by Crippen LogP contribution is -2.14. The van der Waals surface area contributed by atoms with E-state index in [1.54, 1.807) is 25.3 Å². The number of fused-ring (bicyclic) bond motifs is 1. The summed E-state index contributed by atoms with van der Waals surface area (Å²) in [6.45, 7) is 0.690. The number of nitrogens with one attached hydrogen (secondary N) is 1. The van der Waals surface area contributed by atoms with Crippen molar-refractivity contribution >= 4 is 17.3 Å². The van der Waals surface area contributed by atoms with Crippen LogP contribution in [0.3, 0.4) is 0 Å². The number of amides is 1. The third-order valence-corrected chi connectivity index (χ3v) is 3.45. The smallest absolute Gasteiger partial charge is 0.257 e. The molecular formula is C16H16N2O3. The zero-order valence-corrected chi connectivity index (χ0v) is 11.7. The Morgan fingerprint density at radius 3 is 2.95 bits per heavy atom. The van der Waals surface area contributed by atoms with Gasteiger partial charge in [0.05, 0.1) is 19.3 Å². The van der Waals surface area contributed by atoms with Gasteiger partial charge in [0.1, 0.15) is 11.5 Å². The Morgan fingerprint density at radius 2 is 2.14 bits per heavy atom. The Labute approximate surface area is 122 Å². The highest BCUT2D eigenvalue weighted by Crippen LogP contribution is 2.28. The van der Waals surface area contributed by atoms with Crippen molar-refractivity contribution in [1.82, 2.24) is 0 Å². The maximum absolute atomic E-state index is 12.3. The van der Waals surface area contributed by atoms with Gasteiger partial charge >= 0.3 is 0 Å². The summed E-state index contributed by atoms with van der Waals surface area (Å²) < 4.78 is 10.6. The molecule has 0 saturated heterocycles. The fourth-order valence-corrected chi connectivity index (χ4v) is 2.32. The van der Waals surface area contributed by atoms with Crippen LogP contribution >= 0.6 is 0 Å². The number of carbonyl (C=O) groups excluding carboxylic acids is 1. The molecule has 0 spiro atoms. The summed E-state index contributed by atoms with van der Waals surface area (Å²) in [6.07, 6.45) is 0.861. The van der Waals surface area contributed by atoms with E-state index in [4.69, 9.17) is 15.2 Å². The van der Waals surface area contributed by atoms with Gasteiger partial charge in [0.25, 0.3) is 5.91 Å². The molecule has 2 aromatic carbocycles. The van der Waals surface area contributed by atoms with E-state index in [1.165, 1.54) is 0 Å². The first-order valence-corrected chi connectivity index (χ1v) is 6.68. The Hall–Kier alpha value is -2.69. The van der Waals surface area contributed by atoms with E-state index < -0.39 is 0 Å². The third kappa shape index (κ3) is 2.63. The Bertz CT molecular complexity index is 698. The highest BCUT2D eigenvalue weighted by Gasteiger charge is 2.15. The number of anilines is 2. The molecule has 0 atom stereocenters. The van der Waals surface area contributed by atoms with Crippen molar-refractivity contribution in [1.29, 1.82) is 0 Å². The van der Waals surface area contributed by atoms with Gasteiger partial charge in [-0.15, -0.1) is 0 Å². The Morgan fingerprint density at radius 1 is 1.29 bits per heavy atom. The fraction of sp³-hybridized carbons (Fsp3) is 0.188. The van der Waals surface area contributed by atoms with E-state index >= 15 is 0 Å². The fourth-order valence-electron chi connectivity index (χ4n) is 2.32. The van der Waals surface area contributed by atoms with Crippen molar-refractivity contribution < 1.29 is 14.3 Å². The van der Waals surface area contributed by atoms with Crippen LogP contribution in [0.25, 0.3) is 0 Å². The zero-order valence-electron chi connectivity index (χ0n) is 11.7. The minimum absolute atomic E-state index is 0.259. The molecule has 5 heteroatoms. The van der Waals surface area contributed by atoms with Crippen LogP contribution < -0.4 is 20.5 Å². The second-order valence-corrected chi connectivity index (χ2v) is 4.83. The number of ether oxygens (including phenoxy) is 2. The highest BCUT2D eigenvalue weighted by molar-refractivity contribution is 6.08. The summed E-state index contributed by atoms with van der Waals surface area (Å²) in [4.78, 5) is 12.3. The molecule has 2 aromatic rings. The highest BCUT2D eigenvalue weighted by atomic mass is 16.5. The van der Waals surface area contributed by atoms with Crippen molar-refractivity contribution in [2.75, 3.05) is 24.8 Å². The summed E-state index contributed by atoms with van der Waals surface area (Å²) in [7, 11) is 1.55. The predicted octanol–water partition coefficient (Wildman–Crippen LogP) is 2.46. The summed E-state index contributed by atoms with van der Waals surface area (Å²) in [5, 5.41) is 2.85. The summed E-state index contributed by atoms with van der Waals surface area (Å²) in [6, 6.07) is 10.6. The minimum atomic E-state index is -0.259. The second kappa shape index (κ2) is 5.36. The number of benzene rings is 2. The predicted molar refractivity (Wildman–Crippen MR) is 81.0 cm³/mol. The standard InChI is InChI=1S/C16H16N2O3/c1-20-12-3-4-14(17)13(9-12)16(19)18-11-2-5-15-10(8-11)6-7-21-15/h2-5,8-9H,6-7,17H2,1H3,(H,18,19). The third-order valence-electron chi connectivity index (χ3n) is 3.45. The van der Waals surface area contributed by atoms with Crippen LogP contribution in [0.4, 0.5) is 11.4 Å². The van der Waals surface area contributed by atoms with Crippen LogP contribution in [-0.4, -0.2) is 19.6 Å². The molecule has 1 amide bonds. The minimum Gasteiger partial charge on any atom is -0.497 e. The molecular weight excluding hydrogens is 268 g/mol. The lowest BCUT2D eigenvalue weighted by molar-refractivity contribution is 0.102. The molecule has 5 nitrogen and oxygen atoms in total. The number of nitrogen functional groups attached to an aromatic ring is 1. The first-order valence-electron chi connectivity index (χ1n) is 6.68. The molecule has 0 radical (unpaired) electrons. The summed E-state index contributed by atoms with van der Waals surface area (Å²) >= 11 is 0. The van der Waals surface area contributed by atoms with Gasteiger partial charge < -0.3 is 20.5 Å². The van der Waals surface area contributed by atoms with Crippen molar-refractivity contribution in [2.24, 2.45) is 0 Å². The maximum atomic E-state index is 12.3. The number of hydrogen-bond acceptors (Lipinski definition) is 4. The first-order chi connectivity index (χ1) is 10.2. The van der Waals surface area contributed by atoms with E-state index in [1.807, 2.05) is 18.2 Å². The van der Waals surface area contributed by atoms with E-state index in [-0.39, 0.29) is 5.91 Å². The molecule has 108 valence electrons. The Balaban J connectivity index is 1.83. The largest absolute Gasteiger partial charge is 0.497 e. The van der Waals surface area contributed by atoms with E-state index in [0.29, 0.717) is 23.6 Å². The van der Waals surface area contributed by atoms with Crippen LogP contribution in [0.5, 0.6) is 11.5 Å². The topological polar surface area (TPSA) is 73.6 Å². The summed E-state index contributed by atoms with van der Waals surface area (Å²) in [5.74, 6) is 1.22.